The average Bonchev–Trinajstić information content (AvgIpc) is 3.99. The largest absolute Gasteiger partial charge is 0.579 e. The average molecular weight is 1240 g/mol. The first-order valence-corrected chi connectivity index (χ1v) is 19.5. The molecular weight excluding hydrogens is 1200 g/mol. The molecule has 2 aliphatic heterocycles. The normalized spacial score (nSPS) is 12.4. The van der Waals surface area contributed by atoms with Crippen LogP contribution >= 0.6 is 0 Å². The van der Waals surface area contributed by atoms with Gasteiger partial charge in [-0.3, -0.25) is 8.78 Å². The number of fused-ring (bicyclic) bond motifs is 2. The molecule has 0 spiro atoms. The molecule has 342 valence electrons. The third kappa shape index (κ3) is 10.9. The summed E-state index contributed by atoms with van der Waals surface area (Å²) in [5, 5.41) is 16.6. The fourth-order valence-electron chi connectivity index (χ4n) is 7.14. The Bertz CT molecular complexity index is 2450. The van der Waals surface area contributed by atoms with Gasteiger partial charge in [-0.2, -0.15) is 13.3 Å². The zero-order valence-electron chi connectivity index (χ0n) is 35.3. The number of pyridine rings is 2. The van der Waals surface area contributed by atoms with Crippen molar-refractivity contribution >= 4 is 34.4 Å². The molecule has 0 bridgehead atoms. The van der Waals surface area contributed by atoms with Crippen molar-refractivity contribution in [3.8, 4) is 0 Å². The van der Waals surface area contributed by atoms with Crippen LogP contribution in [0.4, 0.5) is 60.7 Å². The van der Waals surface area contributed by atoms with Gasteiger partial charge in [0.15, 0.2) is 0 Å². The van der Waals surface area contributed by atoms with Crippen LogP contribution in [0.1, 0.15) is 45.0 Å². The summed E-state index contributed by atoms with van der Waals surface area (Å²) < 4.78 is 78.8. The van der Waals surface area contributed by atoms with E-state index in [0.29, 0.717) is 11.6 Å². The van der Waals surface area contributed by atoms with E-state index in [1.165, 1.54) is 32.1 Å². The topological polar surface area (TPSA) is 92.7 Å². The Morgan fingerprint density at radius 2 is 0.969 bits per heavy atom. The van der Waals surface area contributed by atoms with E-state index in [0.717, 1.165) is 72.0 Å². The van der Waals surface area contributed by atoms with Gasteiger partial charge in [0.25, 0.3) is 0 Å². The number of anilines is 6. The maximum atomic E-state index is 13.3. The van der Waals surface area contributed by atoms with E-state index >= 15 is 0 Å². The first kappa shape index (κ1) is 49.6. The third-order valence-electron chi connectivity index (χ3n) is 10.4. The van der Waals surface area contributed by atoms with Gasteiger partial charge in [-0.15, -0.1) is 35.7 Å². The number of rotatable bonds is 8. The molecule has 0 N–H and O–H groups in total. The molecule has 0 unspecified atom stereocenters. The zero-order valence-corrected chi connectivity index (χ0v) is 39.8. The maximum absolute atomic E-state index is 13.3. The fourth-order valence-corrected chi connectivity index (χ4v) is 7.14. The van der Waals surface area contributed by atoms with Crippen LogP contribution in [0.2, 0.25) is 0 Å². The molecule has 0 amide bonds. The van der Waals surface area contributed by atoms with E-state index in [9.17, 15) is 26.3 Å². The van der Waals surface area contributed by atoms with Crippen molar-refractivity contribution in [3.05, 3.63) is 178 Å². The Hall–Kier alpha value is -5.46. The first-order valence-electron chi connectivity index (χ1n) is 19.5. The molecule has 7 aromatic rings. The Labute approximate surface area is 396 Å². The second-order valence-electron chi connectivity index (χ2n) is 14.7. The van der Waals surface area contributed by atoms with E-state index in [4.69, 9.17) is 0 Å². The number of aryl methyl sites for hydroxylation is 6. The standard InChI is InChI=1S/C20H24N4.2C13H8F3N3.2Pt/c1-13-19(14(2)22-21-13)10-8-17-6-5-7-18(12-17)9-11-20-15(3)23-24-16(20)4;2*1-18-7-19(13-11(18)3-2-4-17-13)8-5-9(14)12(16)10(15)6-8;;/h5-7,12H,8-11H2,1-4H3;2*2-5,7H,1H3;;/q3*-2;;. The minimum Gasteiger partial charge on any atom is -0.579 e. The Balaban J connectivity index is 0.000000179. The van der Waals surface area contributed by atoms with Gasteiger partial charge < -0.3 is 40.0 Å². The van der Waals surface area contributed by atoms with Gasteiger partial charge in [0.1, 0.15) is 11.6 Å². The van der Waals surface area contributed by atoms with Crippen molar-refractivity contribution in [2.24, 2.45) is 0 Å². The van der Waals surface area contributed by atoms with Crippen molar-refractivity contribution in [1.29, 1.82) is 0 Å². The predicted molar refractivity (Wildman–Crippen MR) is 224 cm³/mol. The van der Waals surface area contributed by atoms with Crippen LogP contribution < -0.4 is 29.8 Å². The maximum Gasteiger partial charge on any atom is 0.124 e. The number of aromatic nitrogens is 6. The van der Waals surface area contributed by atoms with Crippen LogP contribution in [-0.4, -0.2) is 34.3 Å². The summed E-state index contributed by atoms with van der Waals surface area (Å²) in [5.74, 6) is -7.27. The van der Waals surface area contributed by atoms with E-state index in [2.05, 4.69) is 66.8 Å². The van der Waals surface area contributed by atoms with Crippen LogP contribution in [-0.2, 0) is 67.8 Å². The van der Waals surface area contributed by atoms with E-state index in [1.807, 2.05) is 39.8 Å². The summed E-state index contributed by atoms with van der Waals surface area (Å²) in [6, 6.07) is 22.1. The van der Waals surface area contributed by atoms with E-state index < -0.39 is 34.9 Å². The molecule has 18 heteroatoms. The van der Waals surface area contributed by atoms with Gasteiger partial charge >= 0.3 is 0 Å². The van der Waals surface area contributed by atoms with Gasteiger partial charge in [0, 0.05) is 88.9 Å². The van der Waals surface area contributed by atoms with Gasteiger partial charge in [0.2, 0.25) is 0 Å². The molecule has 0 aliphatic carbocycles. The second-order valence-corrected chi connectivity index (χ2v) is 14.7. The molecule has 0 saturated carbocycles. The number of halogens is 6. The molecule has 4 aromatic heterocycles. The van der Waals surface area contributed by atoms with Gasteiger partial charge in [-0.1, -0.05) is 49.5 Å². The van der Waals surface area contributed by atoms with Crippen molar-refractivity contribution < 1.29 is 68.5 Å². The molecule has 6 heterocycles. The Morgan fingerprint density at radius 1 is 0.562 bits per heavy atom. The third-order valence-corrected chi connectivity index (χ3v) is 10.4. The Kier molecular flexibility index (Phi) is 16.6. The van der Waals surface area contributed by atoms with Crippen LogP contribution in [0.25, 0.3) is 0 Å². The quantitative estimate of drug-likeness (QED) is 0.0834. The molecule has 0 radical (unpaired) electrons. The number of nitrogens with zero attached hydrogens (tertiary/aromatic N) is 10. The fraction of sp³-hybridized carbons (Fsp3) is 0.217. The van der Waals surface area contributed by atoms with Gasteiger partial charge in [-0.05, 0) is 100 Å². The number of hydrogen-bond donors (Lipinski definition) is 0. The van der Waals surface area contributed by atoms with Gasteiger partial charge in [-0.25, -0.2) is 27.5 Å². The molecule has 9 rings (SSSR count). The summed E-state index contributed by atoms with van der Waals surface area (Å²) in [6.07, 6.45) is 7.19. The second kappa shape index (κ2) is 21.5. The molecular formula is C46H40F6N10Pt2-6. The molecule has 0 fully saturated rings. The molecule has 3 aromatic carbocycles. The van der Waals surface area contributed by atoms with Crippen molar-refractivity contribution in [3.63, 3.8) is 0 Å². The SMILES string of the molecule is CN1[CH-]N(c2[c-]c(F)c(F)c(F)c2)c2ncccc21.CN1[CH-]N(c2[c-]c(F)c(F)c(F)c2)c2ncccc21.Cc1n[n-]c(C)c1CCc1cccc(CCc2c(C)n[n-]c2C)c1.[Pt].[Pt]. The smallest absolute Gasteiger partial charge is 0.124 e. The predicted octanol–water partition coefficient (Wildman–Crippen LogP) is 9.20. The van der Waals surface area contributed by atoms with E-state index in [1.54, 1.807) is 61.8 Å². The van der Waals surface area contributed by atoms with Crippen molar-refractivity contribution in [2.45, 2.75) is 53.4 Å². The summed E-state index contributed by atoms with van der Waals surface area (Å²) in [4.78, 5) is 14.7. The van der Waals surface area contributed by atoms with Crippen LogP contribution in [0.3, 0.4) is 0 Å². The van der Waals surface area contributed by atoms with Gasteiger partial charge in [0.05, 0.1) is 23.3 Å². The molecule has 10 nitrogen and oxygen atoms in total. The van der Waals surface area contributed by atoms with Crippen molar-refractivity contribution in [2.75, 3.05) is 33.7 Å². The number of benzene rings is 3. The Morgan fingerprint density at radius 3 is 1.33 bits per heavy atom. The van der Waals surface area contributed by atoms with Crippen molar-refractivity contribution in [1.82, 2.24) is 30.4 Å². The summed E-state index contributed by atoms with van der Waals surface area (Å²) in [7, 11) is 3.55. The number of hydrogen-bond acceptors (Lipinski definition) is 8. The monoisotopic (exact) mass is 1240 g/mol. The first-order chi connectivity index (χ1) is 29.7. The van der Waals surface area contributed by atoms with Crippen LogP contribution in [0.5, 0.6) is 0 Å². The zero-order chi connectivity index (χ0) is 44.2. The minimum atomic E-state index is -1.53. The van der Waals surface area contributed by atoms with Crippen LogP contribution in [0.15, 0.2) is 73.1 Å². The summed E-state index contributed by atoms with van der Waals surface area (Å²) in [6.45, 7) is 11.4. The summed E-state index contributed by atoms with van der Waals surface area (Å²) in [5.41, 5.74) is 11.2. The minimum absolute atomic E-state index is 0. The molecule has 0 atom stereocenters. The summed E-state index contributed by atoms with van der Waals surface area (Å²) >= 11 is 0. The van der Waals surface area contributed by atoms with E-state index in [-0.39, 0.29) is 53.5 Å². The van der Waals surface area contributed by atoms with Crippen LogP contribution in [0, 0.1) is 88.1 Å². The molecule has 64 heavy (non-hydrogen) atoms. The molecule has 0 saturated heterocycles. The molecule has 2 aliphatic rings.